The van der Waals surface area contributed by atoms with Crippen LogP contribution in [-0.4, -0.2) is 7.11 Å². The second-order valence-corrected chi connectivity index (χ2v) is 2.23. The molecule has 1 aromatic carbocycles. The first kappa shape index (κ1) is 10.1. The third-order valence-electron chi connectivity index (χ3n) is 1.42. The maximum atomic E-state index is 5.53. The average Bonchev–Trinajstić information content (AvgIpc) is 1.88. The molecule has 0 atom stereocenters. The minimum atomic E-state index is 0. The molecule has 0 saturated heterocycles. The van der Waals surface area contributed by atoms with Gasteiger partial charge in [-0.3, -0.25) is 0 Å². The SMILES string of the molecule is COc1ccc(N)cc1C.Cl. The molecule has 0 spiro atoms. The predicted octanol–water partition coefficient (Wildman–Crippen LogP) is 2.01. The van der Waals surface area contributed by atoms with Crippen LogP contribution in [0.1, 0.15) is 5.56 Å². The third kappa shape index (κ3) is 2.31. The number of anilines is 1. The zero-order valence-corrected chi connectivity index (χ0v) is 7.44. The predicted molar refractivity (Wildman–Crippen MR) is 49.4 cm³/mol. The van der Waals surface area contributed by atoms with Crippen molar-refractivity contribution in [2.45, 2.75) is 6.92 Å². The zero-order chi connectivity index (χ0) is 7.56. The van der Waals surface area contributed by atoms with Crippen LogP contribution in [-0.2, 0) is 0 Å². The lowest BCUT2D eigenvalue weighted by atomic mass is 10.2. The van der Waals surface area contributed by atoms with Gasteiger partial charge in [0, 0.05) is 5.69 Å². The lowest BCUT2D eigenvalue weighted by Gasteiger charge is -2.03. The first-order valence-electron chi connectivity index (χ1n) is 3.14. The van der Waals surface area contributed by atoms with E-state index in [1.807, 2.05) is 25.1 Å². The summed E-state index contributed by atoms with van der Waals surface area (Å²) in [5, 5.41) is 0. The highest BCUT2D eigenvalue weighted by Gasteiger charge is 1.95. The molecule has 0 heterocycles. The number of aryl methyl sites for hydroxylation is 1. The Hall–Kier alpha value is -0.890. The lowest BCUT2D eigenvalue weighted by Crippen LogP contribution is -1.89. The number of hydrogen-bond acceptors (Lipinski definition) is 2. The molecule has 0 amide bonds. The highest BCUT2D eigenvalue weighted by molar-refractivity contribution is 5.85. The van der Waals surface area contributed by atoms with Crippen LogP contribution >= 0.6 is 12.4 Å². The number of nitrogens with two attached hydrogens (primary N) is 1. The highest BCUT2D eigenvalue weighted by Crippen LogP contribution is 2.18. The average molecular weight is 174 g/mol. The quantitative estimate of drug-likeness (QED) is 0.660. The van der Waals surface area contributed by atoms with Crippen molar-refractivity contribution in [3.05, 3.63) is 23.8 Å². The van der Waals surface area contributed by atoms with Crippen molar-refractivity contribution in [2.75, 3.05) is 12.8 Å². The van der Waals surface area contributed by atoms with Crippen LogP contribution in [0.25, 0.3) is 0 Å². The summed E-state index contributed by atoms with van der Waals surface area (Å²) in [5.74, 6) is 0.884. The maximum absolute atomic E-state index is 5.53. The summed E-state index contributed by atoms with van der Waals surface area (Å²) in [6, 6.07) is 5.58. The molecular formula is C8H12ClNO. The number of methoxy groups -OCH3 is 1. The van der Waals surface area contributed by atoms with Crippen LogP contribution < -0.4 is 10.5 Å². The molecule has 0 bridgehead atoms. The molecule has 2 nitrogen and oxygen atoms in total. The molecule has 0 aliphatic rings. The normalized spacial score (nSPS) is 8.55. The molecule has 0 aliphatic carbocycles. The van der Waals surface area contributed by atoms with Gasteiger partial charge in [-0.2, -0.15) is 0 Å². The van der Waals surface area contributed by atoms with Crippen LogP contribution in [0, 0.1) is 6.92 Å². The molecule has 1 rings (SSSR count). The van der Waals surface area contributed by atoms with E-state index in [0.29, 0.717) is 0 Å². The Morgan fingerprint density at radius 2 is 2.00 bits per heavy atom. The molecule has 11 heavy (non-hydrogen) atoms. The van der Waals surface area contributed by atoms with E-state index in [1.165, 1.54) is 0 Å². The van der Waals surface area contributed by atoms with Gasteiger partial charge >= 0.3 is 0 Å². The smallest absolute Gasteiger partial charge is 0.121 e. The van der Waals surface area contributed by atoms with Gasteiger partial charge in [-0.15, -0.1) is 12.4 Å². The Labute approximate surface area is 72.8 Å². The molecule has 3 heteroatoms. The summed E-state index contributed by atoms with van der Waals surface area (Å²) in [6.45, 7) is 1.97. The monoisotopic (exact) mass is 173 g/mol. The zero-order valence-electron chi connectivity index (χ0n) is 6.63. The fourth-order valence-electron chi connectivity index (χ4n) is 0.902. The summed E-state index contributed by atoms with van der Waals surface area (Å²) in [5.41, 5.74) is 7.37. The topological polar surface area (TPSA) is 35.2 Å². The van der Waals surface area contributed by atoms with Gasteiger partial charge in [0.05, 0.1) is 7.11 Å². The van der Waals surface area contributed by atoms with Crippen LogP contribution in [0.4, 0.5) is 5.69 Å². The standard InChI is InChI=1S/C8H11NO.ClH/c1-6-5-7(9)3-4-8(6)10-2;/h3-5H,9H2,1-2H3;1H. The van der Waals surface area contributed by atoms with Gasteiger partial charge in [-0.05, 0) is 30.7 Å². The fraction of sp³-hybridized carbons (Fsp3) is 0.250. The Morgan fingerprint density at radius 1 is 1.36 bits per heavy atom. The van der Waals surface area contributed by atoms with Crippen molar-refractivity contribution < 1.29 is 4.74 Å². The summed E-state index contributed by atoms with van der Waals surface area (Å²) in [4.78, 5) is 0. The number of hydrogen-bond donors (Lipinski definition) is 1. The first-order chi connectivity index (χ1) is 4.74. The number of benzene rings is 1. The minimum Gasteiger partial charge on any atom is -0.496 e. The van der Waals surface area contributed by atoms with Crippen molar-refractivity contribution in [2.24, 2.45) is 0 Å². The van der Waals surface area contributed by atoms with Crippen molar-refractivity contribution in [3.63, 3.8) is 0 Å². The first-order valence-corrected chi connectivity index (χ1v) is 3.14. The van der Waals surface area contributed by atoms with Gasteiger partial charge in [0.1, 0.15) is 5.75 Å². The van der Waals surface area contributed by atoms with E-state index in [9.17, 15) is 0 Å². The molecule has 1 aromatic rings. The van der Waals surface area contributed by atoms with E-state index in [2.05, 4.69) is 0 Å². The fourth-order valence-corrected chi connectivity index (χ4v) is 0.902. The summed E-state index contributed by atoms with van der Waals surface area (Å²) >= 11 is 0. The van der Waals surface area contributed by atoms with E-state index in [4.69, 9.17) is 10.5 Å². The summed E-state index contributed by atoms with van der Waals surface area (Å²) < 4.78 is 5.04. The Morgan fingerprint density at radius 3 is 2.45 bits per heavy atom. The van der Waals surface area contributed by atoms with Gasteiger partial charge in [-0.1, -0.05) is 0 Å². The van der Waals surface area contributed by atoms with Gasteiger partial charge in [0.15, 0.2) is 0 Å². The molecule has 62 valence electrons. The van der Waals surface area contributed by atoms with Crippen molar-refractivity contribution in [1.29, 1.82) is 0 Å². The molecular weight excluding hydrogens is 162 g/mol. The van der Waals surface area contributed by atoms with Gasteiger partial charge < -0.3 is 10.5 Å². The second-order valence-electron chi connectivity index (χ2n) is 2.23. The Kier molecular flexibility index (Phi) is 3.76. The lowest BCUT2D eigenvalue weighted by molar-refractivity contribution is 0.412. The third-order valence-corrected chi connectivity index (χ3v) is 1.42. The Bertz CT molecular complexity index is 238. The van der Waals surface area contributed by atoms with E-state index < -0.39 is 0 Å². The molecule has 2 N–H and O–H groups in total. The highest BCUT2D eigenvalue weighted by atomic mass is 35.5. The summed E-state index contributed by atoms with van der Waals surface area (Å²) in [7, 11) is 1.65. The van der Waals surface area contributed by atoms with Crippen molar-refractivity contribution in [3.8, 4) is 5.75 Å². The van der Waals surface area contributed by atoms with E-state index in [1.54, 1.807) is 7.11 Å². The van der Waals surface area contributed by atoms with Gasteiger partial charge in [0.2, 0.25) is 0 Å². The molecule has 0 saturated carbocycles. The number of nitrogen functional groups attached to an aromatic ring is 1. The van der Waals surface area contributed by atoms with Crippen molar-refractivity contribution in [1.82, 2.24) is 0 Å². The van der Waals surface area contributed by atoms with Gasteiger partial charge in [0.25, 0.3) is 0 Å². The van der Waals surface area contributed by atoms with Crippen molar-refractivity contribution >= 4 is 18.1 Å². The van der Waals surface area contributed by atoms with E-state index in [-0.39, 0.29) is 12.4 Å². The second kappa shape index (κ2) is 4.09. The van der Waals surface area contributed by atoms with Crippen LogP contribution in [0.15, 0.2) is 18.2 Å². The van der Waals surface area contributed by atoms with Gasteiger partial charge in [-0.25, -0.2) is 0 Å². The molecule has 0 radical (unpaired) electrons. The van der Waals surface area contributed by atoms with E-state index >= 15 is 0 Å². The Balaban J connectivity index is 0.000001000. The minimum absolute atomic E-state index is 0. The molecule has 0 aromatic heterocycles. The molecule has 0 unspecified atom stereocenters. The van der Waals surface area contributed by atoms with Crippen LogP contribution in [0.2, 0.25) is 0 Å². The summed E-state index contributed by atoms with van der Waals surface area (Å²) in [6.07, 6.45) is 0. The maximum Gasteiger partial charge on any atom is 0.121 e. The van der Waals surface area contributed by atoms with E-state index in [0.717, 1.165) is 17.0 Å². The van der Waals surface area contributed by atoms with Crippen LogP contribution in [0.5, 0.6) is 5.75 Å². The largest absolute Gasteiger partial charge is 0.496 e. The number of rotatable bonds is 1. The van der Waals surface area contributed by atoms with Crippen LogP contribution in [0.3, 0.4) is 0 Å². The number of ether oxygens (including phenoxy) is 1. The molecule has 0 aliphatic heterocycles. The number of halogens is 1. The molecule has 0 fully saturated rings.